The van der Waals surface area contributed by atoms with Crippen LogP contribution in [0.4, 0.5) is 0 Å². The molecule has 1 aromatic heterocycles. The molecule has 118 valence electrons. The molecule has 0 aromatic carbocycles. The first-order chi connectivity index (χ1) is 8.38. The van der Waals surface area contributed by atoms with Crippen molar-refractivity contribution in [1.29, 1.82) is 0 Å². The lowest BCUT2D eigenvalue weighted by atomic mass is 9.92. The minimum absolute atomic E-state index is 0. The van der Waals surface area contributed by atoms with Crippen LogP contribution in [0.3, 0.4) is 0 Å². The summed E-state index contributed by atoms with van der Waals surface area (Å²) in [6, 6.07) is 4.33. The summed E-state index contributed by atoms with van der Waals surface area (Å²) >= 11 is 1.71. The molecular formula is C13H25Cl2N3OS. The Morgan fingerprint density at radius 3 is 2.45 bits per heavy atom. The second-order valence-electron chi connectivity index (χ2n) is 5.29. The van der Waals surface area contributed by atoms with Crippen LogP contribution in [0.15, 0.2) is 17.5 Å². The molecule has 20 heavy (non-hydrogen) atoms. The number of hydrogen-bond donors (Lipinski definition) is 2. The minimum Gasteiger partial charge on any atom is -0.354 e. The van der Waals surface area contributed by atoms with E-state index in [1.807, 2.05) is 34.0 Å². The van der Waals surface area contributed by atoms with Gasteiger partial charge in [0.15, 0.2) is 0 Å². The van der Waals surface area contributed by atoms with Crippen LogP contribution in [-0.4, -0.2) is 38.0 Å². The van der Waals surface area contributed by atoms with Crippen molar-refractivity contribution in [2.45, 2.75) is 19.9 Å². The van der Waals surface area contributed by atoms with Gasteiger partial charge in [-0.25, -0.2) is 0 Å². The molecule has 0 bridgehead atoms. The van der Waals surface area contributed by atoms with E-state index in [0.717, 1.165) is 0 Å². The van der Waals surface area contributed by atoms with E-state index in [-0.39, 0.29) is 36.8 Å². The number of thiophene rings is 1. The van der Waals surface area contributed by atoms with Crippen LogP contribution in [0.2, 0.25) is 0 Å². The lowest BCUT2D eigenvalue weighted by Crippen LogP contribution is -2.44. The molecule has 0 radical (unpaired) electrons. The molecule has 1 atom stereocenters. The number of nitrogens with one attached hydrogen (secondary N) is 1. The van der Waals surface area contributed by atoms with E-state index in [0.29, 0.717) is 13.1 Å². The van der Waals surface area contributed by atoms with Gasteiger partial charge in [-0.3, -0.25) is 4.79 Å². The Bertz CT molecular complexity index is 383. The first-order valence-electron chi connectivity index (χ1n) is 6.06. The molecule has 1 unspecified atom stereocenters. The summed E-state index contributed by atoms with van der Waals surface area (Å²) in [5, 5.41) is 5.04. The molecule has 0 saturated heterocycles. The molecule has 0 aliphatic rings. The van der Waals surface area contributed by atoms with Crippen molar-refractivity contribution in [2.24, 2.45) is 11.1 Å². The van der Waals surface area contributed by atoms with Crippen LogP contribution >= 0.6 is 36.2 Å². The molecule has 4 nitrogen and oxygen atoms in total. The molecule has 7 heteroatoms. The number of amides is 1. The van der Waals surface area contributed by atoms with Gasteiger partial charge in [0, 0.05) is 18.0 Å². The maximum atomic E-state index is 12.0. The molecule has 0 aliphatic heterocycles. The summed E-state index contributed by atoms with van der Waals surface area (Å²) in [7, 11) is 4.04. The molecule has 0 spiro atoms. The van der Waals surface area contributed by atoms with Gasteiger partial charge in [-0.2, -0.15) is 0 Å². The lowest BCUT2D eigenvalue weighted by molar-refractivity contribution is -0.129. The number of rotatable bonds is 6. The summed E-state index contributed by atoms with van der Waals surface area (Å²) in [4.78, 5) is 15.4. The molecular weight excluding hydrogens is 317 g/mol. The van der Waals surface area contributed by atoms with Gasteiger partial charge in [-0.05, 0) is 39.4 Å². The highest BCUT2D eigenvalue weighted by molar-refractivity contribution is 7.10. The zero-order chi connectivity index (χ0) is 13.8. The van der Waals surface area contributed by atoms with Gasteiger partial charge in [0.25, 0.3) is 0 Å². The van der Waals surface area contributed by atoms with Crippen LogP contribution < -0.4 is 11.1 Å². The van der Waals surface area contributed by atoms with Gasteiger partial charge in [0.05, 0.1) is 11.5 Å². The van der Waals surface area contributed by atoms with Crippen molar-refractivity contribution in [1.82, 2.24) is 10.2 Å². The fourth-order valence-electron chi connectivity index (χ4n) is 1.54. The Balaban J connectivity index is 0. The number of likely N-dealkylation sites (N-methyl/N-ethyl adjacent to an activating group) is 1. The molecule has 1 heterocycles. The van der Waals surface area contributed by atoms with Crippen molar-refractivity contribution >= 4 is 42.1 Å². The van der Waals surface area contributed by atoms with Crippen molar-refractivity contribution in [3.63, 3.8) is 0 Å². The maximum Gasteiger partial charge on any atom is 0.227 e. The van der Waals surface area contributed by atoms with E-state index in [9.17, 15) is 4.79 Å². The number of nitrogens with two attached hydrogens (primary N) is 1. The quantitative estimate of drug-likeness (QED) is 0.834. The number of nitrogens with zero attached hydrogens (tertiary/aromatic N) is 1. The molecule has 0 fully saturated rings. The highest BCUT2D eigenvalue weighted by Gasteiger charge is 2.26. The van der Waals surface area contributed by atoms with Crippen molar-refractivity contribution in [2.75, 3.05) is 27.2 Å². The largest absolute Gasteiger partial charge is 0.354 e. The van der Waals surface area contributed by atoms with Crippen molar-refractivity contribution in [3.8, 4) is 0 Å². The summed E-state index contributed by atoms with van der Waals surface area (Å²) < 4.78 is 0. The maximum absolute atomic E-state index is 12.0. The fourth-order valence-corrected chi connectivity index (χ4v) is 2.46. The third-order valence-electron chi connectivity index (χ3n) is 3.08. The second kappa shape index (κ2) is 9.58. The van der Waals surface area contributed by atoms with Gasteiger partial charge in [0.2, 0.25) is 5.91 Å². The number of halogens is 2. The summed E-state index contributed by atoms with van der Waals surface area (Å²) in [5.74, 6) is 0.00778. The zero-order valence-corrected chi connectivity index (χ0v) is 14.8. The molecule has 0 saturated carbocycles. The van der Waals surface area contributed by atoms with E-state index in [2.05, 4.69) is 21.7 Å². The monoisotopic (exact) mass is 341 g/mol. The smallest absolute Gasteiger partial charge is 0.227 e. The minimum atomic E-state index is -0.508. The second-order valence-corrected chi connectivity index (χ2v) is 6.27. The van der Waals surface area contributed by atoms with E-state index < -0.39 is 5.41 Å². The van der Waals surface area contributed by atoms with E-state index in [1.54, 1.807) is 11.3 Å². The predicted octanol–water partition coefficient (Wildman–Crippen LogP) is 2.30. The first-order valence-corrected chi connectivity index (χ1v) is 6.94. The van der Waals surface area contributed by atoms with Crippen molar-refractivity contribution < 1.29 is 4.79 Å². The standard InChI is InChI=1S/C13H23N3OS.2ClH/c1-13(2,9-14)12(17)15-8-10(16(3)4)11-6-5-7-18-11;;/h5-7,10H,8-9,14H2,1-4H3,(H,15,17);2*1H. The molecule has 1 aromatic rings. The summed E-state index contributed by atoms with van der Waals surface area (Å²) in [6.07, 6.45) is 0. The topological polar surface area (TPSA) is 58.4 Å². The predicted molar refractivity (Wildman–Crippen MR) is 91.1 cm³/mol. The molecule has 1 rings (SSSR count). The average molecular weight is 342 g/mol. The van der Waals surface area contributed by atoms with Crippen molar-refractivity contribution in [3.05, 3.63) is 22.4 Å². The van der Waals surface area contributed by atoms with E-state index in [1.165, 1.54) is 4.88 Å². The van der Waals surface area contributed by atoms with Gasteiger partial charge < -0.3 is 16.0 Å². The molecule has 1 amide bonds. The first kappa shape index (κ1) is 22.0. The average Bonchev–Trinajstić information content (AvgIpc) is 2.82. The Labute approximate surface area is 137 Å². The Morgan fingerprint density at radius 2 is 2.05 bits per heavy atom. The SMILES string of the molecule is CN(C)C(CNC(=O)C(C)(C)CN)c1cccs1.Cl.Cl. The van der Waals surface area contributed by atoms with Gasteiger partial charge in [0.1, 0.15) is 0 Å². The van der Waals surface area contributed by atoms with Crippen LogP contribution in [-0.2, 0) is 4.79 Å². The Morgan fingerprint density at radius 1 is 1.45 bits per heavy atom. The highest BCUT2D eigenvalue weighted by Crippen LogP contribution is 2.23. The fraction of sp³-hybridized carbons (Fsp3) is 0.615. The lowest BCUT2D eigenvalue weighted by Gasteiger charge is -2.27. The number of carbonyl (C=O) groups is 1. The van der Waals surface area contributed by atoms with Gasteiger partial charge in [-0.15, -0.1) is 36.2 Å². The zero-order valence-electron chi connectivity index (χ0n) is 12.4. The van der Waals surface area contributed by atoms with Gasteiger partial charge >= 0.3 is 0 Å². The summed E-state index contributed by atoms with van der Waals surface area (Å²) in [6.45, 7) is 4.68. The van der Waals surface area contributed by atoms with Gasteiger partial charge in [-0.1, -0.05) is 6.07 Å². The van der Waals surface area contributed by atoms with E-state index >= 15 is 0 Å². The summed E-state index contributed by atoms with van der Waals surface area (Å²) in [5.41, 5.74) is 5.09. The van der Waals surface area contributed by atoms with Crippen LogP contribution in [0.25, 0.3) is 0 Å². The normalized spacial score (nSPS) is 12.3. The Kier molecular flexibility index (Phi) is 10.5. The third kappa shape index (κ3) is 5.97. The molecule has 0 aliphatic carbocycles. The van der Waals surface area contributed by atoms with Crippen LogP contribution in [0, 0.1) is 5.41 Å². The Hall–Kier alpha value is -0.330. The molecule has 3 N–H and O–H groups in total. The third-order valence-corrected chi connectivity index (χ3v) is 4.05. The van der Waals surface area contributed by atoms with E-state index in [4.69, 9.17) is 5.73 Å². The number of carbonyl (C=O) groups excluding carboxylic acids is 1. The van der Waals surface area contributed by atoms with Crippen LogP contribution in [0.1, 0.15) is 24.8 Å². The number of hydrogen-bond acceptors (Lipinski definition) is 4. The van der Waals surface area contributed by atoms with Crippen LogP contribution in [0.5, 0.6) is 0 Å². The highest BCUT2D eigenvalue weighted by atomic mass is 35.5.